The Morgan fingerprint density at radius 3 is 1.81 bits per heavy atom. The van der Waals surface area contributed by atoms with Gasteiger partial charge in [-0.1, -0.05) is 32.6 Å². The number of quaternary nitrogens is 1. The zero-order valence-electron chi connectivity index (χ0n) is 11.7. The summed E-state index contributed by atoms with van der Waals surface area (Å²) < 4.78 is 1.28. The smallest absolute Gasteiger partial charge is 0.0875 e. The van der Waals surface area contributed by atoms with E-state index in [1.165, 1.54) is 69.2 Å². The Morgan fingerprint density at radius 1 is 0.750 bits per heavy atom. The highest BCUT2D eigenvalue weighted by atomic mass is 32.1. The quantitative estimate of drug-likeness (QED) is 0.316. The predicted molar refractivity (Wildman–Crippen MR) is 78.3 cm³/mol. The van der Waals surface area contributed by atoms with Crippen molar-refractivity contribution < 1.29 is 4.48 Å². The molecule has 16 heavy (non-hydrogen) atoms. The Balaban J connectivity index is 3.67. The third-order valence-electron chi connectivity index (χ3n) is 3.90. The van der Waals surface area contributed by atoms with Crippen LogP contribution in [0.3, 0.4) is 0 Å². The van der Waals surface area contributed by atoms with E-state index in [0.717, 1.165) is 5.75 Å². The molecule has 98 valence electrons. The summed E-state index contributed by atoms with van der Waals surface area (Å²) >= 11 is 4.40. The van der Waals surface area contributed by atoms with Crippen molar-refractivity contribution in [3.63, 3.8) is 0 Å². The third-order valence-corrected chi connectivity index (χ3v) is 4.10. The van der Waals surface area contributed by atoms with Crippen molar-refractivity contribution in [2.24, 2.45) is 0 Å². The van der Waals surface area contributed by atoms with Gasteiger partial charge in [-0.15, -0.1) is 0 Å². The van der Waals surface area contributed by atoms with Crippen LogP contribution in [0.2, 0.25) is 0 Å². The Labute approximate surface area is 109 Å². The summed E-state index contributed by atoms with van der Waals surface area (Å²) in [5.41, 5.74) is 0. The van der Waals surface area contributed by atoms with Gasteiger partial charge in [0.2, 0.25) is 0 Å². The van der Waals surface area contributed by atoms with E-state index >= 15 is 0 Å². The van der Waals surface area contributed by atoms with Crippen LogP contribution in [0.5, 0.6) is 0 Å². The minimum atomic E-state index is 1.03. The van der Waals surface area contributed by atoms with Gasteiger partial charge in [0.25, 0.3) is 0 Å². The van der Waals surface area contributed by atoms with Crippen molar-refractivity contribution in [3.8, 4) is 0 Å². The Morgan fingerprint density at radius 2 is 1.31 bits per heavy atom. The minimum Gasteiger partial charge on any atom is -0.323 e. The summed E-state index contributed by atoms with van der Waals surface area (Å²) in [6, 6.07) is 0. The number of thiol groups is 1. The molecule has 0 N–H and O–H groups in total. The monoisotopic (exact) mass is 246 g/mol. The fourth-order valence-electron chi connectivity index (χ4n) is 2.41. The molecule has 0 bridgehead atoms. The lowest BCUT2D eigenvalue weighted by Gasteiger charge is -2.36. The summed E-state index contributed by atoms with van der Waals surface area (Å²) in [6.45, 7) is 12.1. The van der Waals surface area contributed by atoms with E-state index in [1.807, 2.05) is 0 Å². The van der Waals surface area contributed by atoms with Crippen LogP contribution < -0.4 is 0 Å². The van der Waals surface area contributed by atoms with E-state index in [4.69, 9.17) is 0 Å². The van der Waals surface area contributed by atoms with Crippen LogP contribution in [-0.4, -0.2) is 36.4 Å². The van der Waals surface area contributed by atoms with Gasteiger partial charge in [-0.2, -0.15) is 12.6 Å². The number of hydrogen-bond donors (Lipinski definition) is 1. The molecule has 0 rings (SSSR count). The van der Waals surface area contributed by atoms with Gasteiger partial charge in [-0.25, -0.2) is 0 Å². The molecule has 0 atom stereocenters. The second-order valence-corrected chi connectivity index (χ2v) is 5.36. The van der Waals surface area contributed by atoms with Crippen molar-refractivity contribution in [1.82, 2.24) is 0 Å². The number of nitrogens with zero attached hydrogens (tertiary/aromatic N) is 1. The predicted octanol–water partition coefficient (Wildman–Crippen LogP) is 4.13. The molecule has 0 aliphatic carbocycles. The molecule has 0 saturated heterocycles. The molecule has 0 aromatic carbocycles. The molecule has 0 aromatic heterocycles. The third kappa shape index (κ3) is 6.80. The van der Waals surface area contributed by atoms with Crippen LogP contribution in [0, 0.1) is 0 Å². The van der Waals surface area contributed by atoms with Crippen molar-refractivity contribution >= 4 is 12.6 Å². The molecule has 0 spiro atoms. The summed E-state index contributed by atoms with van der Waals surface area (Å²) in [5.74, 6) is 1.03. The molecule has 0 aliphatic rings. The lowest BCUT2D eigenvalue weighted by atomic mass is 10.1. The maximum atomic E-state index is 4.40. The summed E-state index contributed by atoms with van der Waals surface area (Å²) in [6.07, 6.45) is 8.46. The van der Waals surface area contributed by atoms with E-state index in [0.29, 0.717) is 0 Å². The van der Waals surface area contributed by atoms with E-state index < -0.39 is 0 Å². The molecule has 0 heterocycles. The van der Waals surface area contributed by atoms with E-state index in [2.05, 4.69) is 33.4 Å². The van der Waals surface area contributed by atoms with Gasteiger partial charge in [0.05, 0.1) is 26.2 Å². The van der Waals surface area contributed by atoms with Crippen molar-refractivity contribution in [1.29, 1.82) is 0 Å². The van der Waals surface area contributed by atoms with E-state index in [9.17, 15) is 0 Å². The van der Waals surface area contributed by atoms with Crippen molar-refractivity contribution in [3.05, 3.63) is 0 Å². The Bertz CT molecular complexity index is 144. The molecule has 0 unspecified atom stereocenters. The maximum Gasteiger partial charge on any atom is 0.0875 e. The molecule has 0 radical (unpaired) electrons. The molecule has 2 heteroatoms. The van der Waals surface area contributed by atoms with Crippen molar-refractivity contribution in [2.75, 3.05) is 31.9 Å². The highest BCUT2D eigenvalue weighted by Crippen LogP contribution is 2.12. The summed E-state index contributed by atoms with van der Waals surface area (Å²) in [5, 5.41) is 0. The highest BCUT2D eigenvalue weighted by molar-refractivity contribution is 7.80. The number of rotatable bonds is 11. The number of hydrogen-bond acceptors (Lipinski definition) is 1. The zero-order chi connectivity index (χ0) is 12.3. The second-order valence-electron chi connectivity index (χ2n) is 4.91. The molecule has 0 fully saturated rings. The second kappa shape index (κ2) is 10.5. The van der Waals surface area contributed by atoms with Gasteiger partial charge in [-0.3, -0.25) is 0 Å². The Kier molecular flexibility index (Phi) is 10.7. The minimum absolute atomic E-state index is 1.03. The summed E-state index contributed by atoms with van der Waals surface area (Å²) in [7, 11) is 0. The molecule has 0 saturated carbocycles. The van der Waals surface area contributed by atoms with Gasteiger partial charge < -0.3 is 4.48 Å². The van der Waals surface area contributed by atoms with Crippen molar-refractivity contribution in [2.45, 2.75) is 59.3 Å². The average Bonchev–Trinajstić information content (AvgIpc) is 2.32. The van der Waals surface area contributed by atoms with Crippen LogP contribution in [0.4, 0.5) is 0 Å². The molecular formula is C14H32NS+. The topological polar surface area (TPSA) is 0 Å². The first-order valence-electron chi connectivity index (χ1n) is 7.20. The highest BCUT2D eigenvalue weighted by Gasteiger charge is 2.20. The number of unbranched alkanes of at least 4 members (excludes halogenated alkanes) is 5. The first-order chi connectivity index (χ1) is 7.74. The fraction of sp³-hybridized carbons (Fsp3) is 1.00. The fourth-order valence-corrected chi connectivity index (χ4v) is 2.83. The average molecular weight is 246 g/mol. The first kappa shape index (κ1) is 16.3. The Hall–Kier alpha value is 0.310. The lowest BCUT2D eigenvalue weighted by molar-refractivity contribution is -0.922. The van der Waals surface area contributed by atoms with Gasteiger partial charge in [-0.05, 0) is 26.7 Å². The summed E-state index contributed by atoms with van der Waals surface area (Å²) in [4.78, 5) is 0. The van der Waals surface area contributed by atoms with Crippen LogP contribution >= 0.6 is 12.6 Å². The van der Waals surface area contributed by atoms with Gasteiger partial charge in [0, 0.05) is 5.75 Å². The van der Waals surface area contributed by atoms with Crippen LogP contribution in [-0.2, 0) is 0 Å². The molecule has 0 aliphatic heterocycles. The first-order valence-corrected chi connectivity index (χ1v) is 7.83. The standard InChI is InChI=1S/C14H31NS/c1-4-7-8-9-10-11-12-15(5-2,6-3)13-14-16/h4-14H2,1-3H3/p+1. The zero-order valence-corrected chi connectivity index (χ0v) is 12.6. The lowest BCUT2D eigenvalue weighted by Crippen LogP contribution is -2.49. The molecule has 0 aromatic rings. The van der Waals surface area contributed by atoms with E-state index in [-0.39, 0.29) is 0 Å². The largest absolute Gasteiger partial charge is 0.323 e. The maximum absolute atomic E-state index is 4.40. The van der Waals surface area contributed by atoms with Gasteiger partial charge in [0.15, 0.2) is 0 Å². The molecule has 0 amide bonds. The van der Waals surface area contributed by atoms with Gasteiger partial charge >= 0.3 is 0 Å². The molecular weight excluding hydrogens is 214 g/mol. The normalized spacial score (nSPS) is 12.0. The molecule has 1 nitrogen and oxygen atoms in total. The van der Waals surface area contributed by atoms with Crippen LogP contribution in [0.15, 0.2) is 0 Å². The van der Waals surface area contributed by atoms with Crippen LogP contribution in [0.1, 0.15) is 59.3 Å². The van der Waals surface area contributed by atoms with E-state index in [1.54, 1.807) is 0 Å². The van der Waals surface area contributed by atoms with Crippen LogP contribution in [0.25, 0.3) is 0 Å². The van der Waals surface area contributed by atoms with Gasteiger partial charge in [0.1, 0.15) is 0 Å². The SMILES string of the molecule is CCCCCCCC[N+](CC)(CC)CCS.